The molecule has 5 heteroatoms. The van der Waals surface area contributed by atoms with E-state index < -0.39 is 0 Å². The normalized spacial score (nSPS) is 19.5. The Morgan fingerprint density at radius 1 is 1.26 bits per heavy atom. The van der Waals surface area contributed by atoms with Gasteiger partial charge in [-0.15, -0.1) is 0 Å². The summed E-state index contributed by atoms with van der Waals surface area (Å²) in [6.45, 7) is 6.06. The lowest BCUT2D eigenvalue weighted by atomic mass is 10.2. The highest BCUT2D eigenvalue weighted by Crippen LogP contribution is 2.07. The summed E-state index contributed by atoms with van der Waals surface area (Å²) in [5.74, 6) is 0. The molecule has 1 aromatic heterocycles. The number of aliphatic hydroxyl groups is 1. The second kappa shape index (κ2) is 7.55. The Bertz CT molecular complexity index is 353. The van der Waals surface area contributed by atoms with Crippen LogP contribution in [0.5, 0.6) is 0 Å². The van der Waals surface area contributed by atoms with Gasteiger partial charge < -0.3 is 9.84 Å². The number of pyridine rings is 1. The van der Waals surface area contributed by atoms with E-state index in [1.54, 1.807) is 7.11 Å². The second-order valence-electron chi connectivity index (χ2n) is 5.01. The number of nitrogens with zero attached hydrogens (tertiary/aromatic N) is 3. The summed E-state index contributed by atoms with van der Waals surface area (Å²) in [7, 11) is 1.62. The Morgan fingerprint density at radius 2 is 2.00 bits per heavy atom. The smallest absolute Gasteiger partial charge is 0.0900 e. The maximum atomic E-state index is 9.71. The van der Waals surface area contributed by atoms with Crippen molar-refractivity contribution in [3.63, 3.8) is 0 Å². The van der Waals surface area contributed by atoms with Crippen LogP contribution in [0.4, 0.5) is 0 Å². The first kappa shape index (κ1) is 14.4. The molecule has 19 heavy (non-hydrogen) atoms. The number of β-amino-alcohol motifs (C(OH)–C–C–N with tert-alkyl or cyclic N) is 1. The highest BCUT2D eigenvalue weighted by Gasteiger charge is 2.19. The average molecular weight is 265 g/mol. The number of piperazine rings is 1. The molecule has 0 spiro atoms. The lowest BCUT2D eigenvalue weighted by molar-refractivity contribution is 0.0229. The minimum Gasteiger partial charge on any atom is -0.389 e. The molecule has 1 N–H and O–H groups in total. The molecule has 106 valence electrons. The van der Waals surface area contributed by atoms with Gasteiger partial charge in [0.2, 0.25) is 0 Å². The number of hydrogen-bond donors (Lipinski definition) is 1. The van der Waals surface area contributed by atoms with Crippen LogP contribution >= 0.6 is 0 Å². The number of methoxy groups -OCH3 is 1. The monoisotopic (exact) mass is 265 g/mol. The van der Waals surface area contributed by atoms with E-state index in [-0.39, 0.29) is 6.10 Å². The van der Waals surface area contributed by atoms with Crippen LogP contribution in [0.25, 0.3) is 0 Å². The maximum absolute atomic E-state index is 9.71. The van der Waals surface area contributed by atoms with Crippen LogP contribution in [0.3, 0.4) is 0 Å². The molecule has 0 bridgehead atoms. The van der Waals surface area contributed by atoms with E-state index in [0.29, 0.717) is 13.2 Å². The van der Waals surface area contributed by atoms with E-state index in [1.807, 2.05) is 18.3 Å². The van der Waals surface area contributed by atoms with E-state index in [2.05, 4.69) is 20.9 Å². The number of rotatable bonds is 6. The molecule has 0 aromatic carbocycles. The Labute approximate surface area is 114 Å². The molecule has 5 nitrogen and oxygen atoms in total. The fourth-order valence-electron chi connectivity index (χ4n) is 2.39. The van der Waals surface area contributed by atoms with Crippen molar-refractivity contribution in [3.8, 4) is 0 Å². The van der Waals surface area contributed by atoms with Crippen molar-refractivity contribution in [2.75, 3.05) is 46.4 Å². The molecule has 0 saturated carbocycles. The van der Waals surface area contributed by atoms with Crippen LogP contribution in [0, 0.1) is 0 Å². The van der Waals surface area contributed by atoms with Crippen molar-refractivity contribution in [1.82, 2.24) is 14.8 Å². The fourth-order valence-corrected chi connectivity index (χ4v) is 2.39. The highest BCUT2D eigenvalue weighted by atomic mass is 16.5. The molecule has 2 rings (SSSR count). The molecule has 0 aliphatic carbocycles. The summed E-state index contributed by atoms with van der Waals surface area (Å²) < 4.78 is 4.95. The van der Waals surface area contributed by atoms with Gasteiger partial charge in [0.1, 0.15) is 0 Å². The molecule has 1 fully saturated rings. The summed E-state index contributed by atoms with van der Waals surface area (Å²) in [6, 6.07) is 6.03. The lowest BCUT2D eigenvalue weighted by Crippen LogP contribution is -2.48. The lowest BCUT2D eigenvalue weighted by Gasteiger charge is -2.35. The van der Waals surface area contributed by atoms with Gasteiger partial charge in [-0.2, -0.15) is 0 Å². The van der Waals surface area contributed by atoms with Crippen molar-refractivity contribution in [3.05, 3.63) is 30.1 Å². The van der Waals surface area contributed by atoms with E-state index in [1.165, 1.54) is 0 Å². The molecule has 2 heterocycles. The quantitative estimate of drug-likeness (QED) is 0.796. The SMILES string of the molecule is COC[C@H](O)CN1CCN(Cc2ccccn2)CC1. The minimum atomic E-state index is -0.382. The number of hydrogen-bond acceptors (Lipinski definition) is 5. The predicted molar refractivity (Wildman–Crippen MR) is 73.8 cm³/mol. The Hall–Kier alpha value is -1.01. The zero-order valence-corrected chi connectivity index (χ0v) is 11.5. The van der Waals surface area contributed by atoms with Gasteiger partial charge in [0.05, 0.1) is 18.4 Å². The Kier molecular flexibility index (Phi) is 5.72. The largest absolute Gasteiger partial charge is 0.389 e. The van der Waals surface area contributed by atoms with Gasteiger partial charge in [0, 0.05) is 52.6 Å². The standard InChI is InChI=1S/C14H23N3O2/c1-19-12-14(18)11-17-8-6-16(7-9-17)10-13-4-2-3-5-15-13/h2-5,14,18H,6-12H2,1H3/t14-/m1/s1. The fraction of sp³-hybridized carbons (Fsp3) is 0.643. The summed E-state index contributed by atoms with van der Waals surface area (Å²) in [6.07, 6.45) is 1.46. The summed E-state index contributed by atoms with van der Waals surface area (Å²) in [5.41, 5.74) is 1.12. The molecular formula is C14H23N3O2. The van der Waals surface area contributed by atoms with E-state index in [0.717, 1.165) is 38.4 Å². The van der Waals surface area contributed by atoms with Gasteiger partial charge in [0.15, 0.2) is 0 Å². The third-order valence-corrected chi connectivity index (χ3v) is 3.40. The molecule has 1 aliphatic rings. The topological polar surface area (TPSA) is 48.8 Å². The Balaban J connectivity index is 1.70. The van der Waals surface area contributed by atoms with Gasteiger partial charge in [-0.3, -0.25) is 14.8 Å². The predicted octanol–water partition coefficient (Wildman–Crippen LogP) is 0.206. The van der Waals surface area contributed by atoms with Crippen LogP contribution in [0.2, 0.25) is 0 Å². The maximum Gasteiger partial charge on any atom is 0.0900 e. The third-order valence-electron chi connectivity index (χ3n) is 3.40. The molecule has 0 amide bonds. The van der Waals surface area contributed by atoms with Crippen LogP contribution in [-0.2, 0) is 11.3 Å². The molecule has 1 aliphatic heterocycles. The molecule has 0 unspecified atom stereocenters. The summed E-state index contributed by atoms with van der Waals surface area (Å²) in [5, 5.41) is 9.71. The minimum absolute atomic E-state index is 0.382. The zero-order chi connectivity index (χ0) is 13.5. The van der Waals surface area contributed by atoms with Crippen molar-refractivity contribution in [2.24, 2.45) is 0 Å². The van der Waals surface area contributed by atoms with Crippen LogP contribution in [-0.4, -0.2) is 72.4 Å². The molecular weight excluding hydrogens is 242 g/mol. The van der Waals surface area contributed by atoms with Crippen molar-refractivity contribution in [1.29, 1.82) is 0 Å². The molecule has 1 aromatic rings. The van der Waals surface area contributed by atoms with Crippen molar-refractivity contribution >= 4 is 0 Å². The van der Waals surface area contributed by atoms with Gasteiger partial charge in [-0.25, -0.2) is 0 Å². The summed E-state index contributed by atoms with van der Waals surface area (Å²) in [4.78, 5) is 9.05. The molecule has 0 radical (unpaired) electrons. The first-order valence-electron chi connectivity index (χ1n) is 6.79. The first-order chi connectivity index (χ1) is 9.28. The van der Waals surface area contributed by atoms with E-state index >= 15 is 0 Å². The second-order valence-corrected chi connectivity index (χ2v) is 5.01. The van der Waals surface area contributed by atoms with Crippen molar-refractivity contribution < 1.29 is 9.84 Å². The van der Waals surface area contributed by atoms with Crippen LogP contribution in [0.15, 0.2) is 24.4 Å². The number of aliphatic hydroxyl groups excluding tert-OH is 1. The molecule has 1 atom stereocenters. The zero-order valence-electron chi connectivity index (χ0n) is 11.5. The number of aromatic nitrogens is 1. The van der Waals surface area contributed by atoms with Gasteiger partial charge in [0.25, 0.3) is 0 Å². The van der Waals surface area contributed by atoms with Crippen LogP contribution < -0.4 is 0 Å². The van der Waals surface area contributed by atoms with Crippen molar-refractivity contribution in [2.45, 2.75) is 12.6 Å². The van der Waals surface area contributed by atoms with Gasteiger partial charge in [-0.05, 0) is 12.1 Å². The van der Waals surface area contributed by atoms with E-state index in [4.69, 9.17) is 4.74 Å². The molecule has 1 saturated heterocycles. The summed E-state index contributed by atoms with van der Waals surface area (Å²) >= 11 is 0. The van der Waals surface area contributed by atoms with Gasteiger partial charge >= 0.3 is 0 Å². The van der Waals surface area contributed by atoms with Crippen LogP contribution in [0.1, 0.15) is 5.69 Å². The average Bonchev–Trinajstić information content (AvgIpc) is 2.42. The highest BCUT2D eigenvalue weighted by molar-refractivity contribution is 5.03. The first-order valence-corrected chi connectivity index (χ1v) is 6.79. The van der Waals surface area contributed by atoms with Gasteiger partial charge in [-0.1, -0.05) is 6.07 Å². The van der Waals surface area contributed by atoms with E-state index in [9.17, 15) is 5.11 Å². The number of ether oxygens (including phenoxy) is 1. The third kappa shape index (κ3) is 4.87. The Morgan fingerprint density at radius 3 is 2.63 bits per heavy atom.